The van der Waals surface area contributed by atoms with E-state index < -0.39 is 10.0 Å². The Hall–Kier alpha value is -0.630. The molecular weight excluding hydrogens is 300 g/mol. The number of nitrogens with two attached hydrogens (primary N) is 1. The van der Waals surface area contributed by atoms with Gasteiger partial charge in [-0.2, -0.15) is 0 Å². The van der Waals surface area contributed by atoms with Crippen molar-refractivity contribution in [3.63, 3.8) is 0 Å². The molecule has 0 saturated heterocycles. The summed E-state index contributed by atoms with van der Waals surface area (Å²) in [5, 5.41) is 0.0915. The van der Waals surface area contributed by atoms with Crippen molar-refractivity contribution < 1.29 is 8.42 Å². The van der Waals surface area contributed by atoms with Crippen molar-refractivity contribution in [3.05, 3.63) is 12.0 Å². The summed E-state index contributed by atoms with van der Waals surface area (Å²) in [6.07, 6.45) is 5.56. The number of aromatic nitrogens is 2. The second-order valence-corrected chi connectivity index (χ2v) is 6.91. The van der Waals surface area contributed by atoms with Gasteiger partial charge in [0.15, 0.2) is 5.03 Å². The van der Waals surface area contributed by atoms with Crippen LogP contribution in [0.5, 0.6) is 0 Å². The molecule has 3 N–H and O–H groups in total. The molecule has 0 radical (unpaired) electrons. The minimum atomic E-state index is -3.54. The molecule has 0 aromatic carbocycles. The highest BCUT2D eigenvalue weighted by atomic mass is 35.5. The summed E-state index contributed by atoms with van der Waals surface area (Å²) in [4.78, 5) is 4.08. The first kappa shape index (κ1) is 17.4. The predicted molar refractivity (Wildman–Crippen MR) is 80.3 cm³/mol. The lowest BCUT2D eigenvalue weighted by molar-refractivity contribution is 0.296. The zero-order valence-electron chi connectivity index (χ0n) is 11.9. The number of hydrogen-bond acceptors (Lipinski definition) is 4. The summed E-state index contributed by atoms with van der Waals surface area (Å²) in [5.74, 6) is 0.910. The Morgan fingerprint density at radius 1 is 1.45 bits per heavy atom. The minimum Gasteiger partial charge on any atom is -0.337 e. The number of rotatable bonds is 4. The maximum atomic E-state index is 12.3. The third kappa shape index (κ3) is 3.72. The van der Waals surface area contributed by atoms with Crippen LogP contribution >= 0.6 is 12.4 Å². The molecular formula is C12H23ClN4O2S. The highest BCUT2D eigenvalue weighted by Gasteiger charge is 2.29. The van der Waals surface area contributed by atoms with Crippen molar-refractivity contribution in [2.75, 3.05) is 6.54 Å². The lowest BCUT2D eigenvalue weighted by Crippen LogP contribution is -2.44. The predicted octanol–water partition coefficient (Wildman–Crippen LogP) is 0.946. The van der Waals surface area contributed by atoms with Crippen LogP contribution in [-0.2, 0) is 17.1 Å². The van der Waals surface area contributed by atoms with E-state index in [0.717, 1.165) is 25.7 Å². The van der Waals surface area contributed by atoms with E-state index in [1.165, 1.54) is 6.20 Å². The van der Waals surface area contributed by atoms with Crippen molar-refractivity contribution in [3.8, 4) is 0 Å². The number of hydrogen-bond donors (Lipinski definition) is 2. The molecule has 20 heavy (non-hydrogen) atoms. The molecule has 2 rings (SSSR count). The summed E-state index contributed by atoms with van der Waals surface area (Å²) in [7, 11) is -1.76. The Balaban J connectivity index is 0.00000200. The molecule has 1 heterocycles. The first-order valence-corrected chi connectivity index (χ1v) is 8.14. The van der Waals surface area contributed by atoms with E-state index in [-0.39, 0.29) is 29.4 Å². The zero-order valence-corrected chi connectivity index (χ0v) is 13.5. The van der Waals surface area contributed by atoms with Crippen LogP contribution in [0.3, 0.4) is 0 Å². The topological polar surface area (TPSA) is 90.0 Å². The zero-order chi connectivity index (χ0) is 14.0. The molecule has 1 aromatic heterocycles. The average molecular weight is 323 g/mol. The summed E-state index contributed by atoms with van der Waals surface area (Å²) in [5.41, 5.74) is 5.72. The maximum Gasteiger partial charge on any atom is 0.259 e. The molecule has 1 fully saturated rings. The Bertz CT molecular complexity index is 524. The highest BCUT2D eigenvalue weighted by Crippen LogP contribution is 2.25. The van der Waals surface area contributed by atoms with Gasteiger partial charge in [0.1, 0.15) is 5.82 Å². The van der Waals surface area contributed by atoms with Gasteiger partial charge in [0.25, 0.3) is 10.0 Å². The van der Waals surface area contributed by atoms with Gasteiger partial charge in [-0.3, -0.25) is 0 Å². The molecule has 0 amide bonds. The molecule has 2 atom stereocenters. The normalized spacial score (nSPS) is 23.4. The Kier molecular flexibility index (Phi) is 6.00. The van der Waals surface area contributed by atoms with E-state index in [1.54, 1.807) is 18.5 Å². The van der Waals surface area contributed by atoms with Crippen LogP contribution in [0.25, 0.3) is 0 Å². The van der Waals surface area contributed by atoms with E-state index in [4.69, 9.17) is 5.73 Å². The van der Waals surface area contributed by atoms with Crippen LogP contribution < -0.4 is 10.5 Å². The molecule has 116 valence electrons. The van der Waals surface area contributed by atoms with Crippen LogP contribution in [0.4, 0.5) is 0 Å². The Morgan fingerprint density at radius 3 is 2.65 bits per heavy atom. The summed E-state index contributed by atoms with van der Waals surface area (Å²) < 4.78 is 29.1. The molecule has 1 saturated carbocycles. The number of nitrogens with zero attached hydrogens (tertiary/aromatic N) is 2. The standard InChI is InChI=1S/C12H22N4O2S.ClH/c1-9-14-12(8-16(9)2)19(17,18)15-11-6-4-3-5-10(11)7-13;/h8,10-11,15H,3-7,13H2,1-2H3;1H. The number of halogens is 1. The van der Waals surface area contributed by atoms with Crippen molar-refractivity contribution >= 4 is 22.4 Å². The van der Waals surface area contributed by atoms with Crippen LogP contribution in [0.2, 0.25) is 0 Å². The van der Waals surface area contributed by atoms with Gasteiger partial charge >= 0.3 is 0 Å². The fourth-order valence-electron chi connectivity index (χ4n) is 2.56. The van der Waals surface area contributed by atoms with Gasteiger partial charge in [-0.05, 0) is 32.2 Å². The molecule has 0 spiro atoms. The first-order valence-electron chi connectivity index (χ1n) is 6.66. The number of imidazole rings is 1. The van der Waals surface area contributed by atoms with Crippen LogP contribution in [0, 0.1) is 12.8 Å². The molecule has 6 nitrogen and oxygen atoms in total. The van der Waals surface area contributed by atoms with E-state index in [1.807, 2.05) is 0 Å². The lowest BCUT2D eigenvalue weighted by atomic mass is 9.85. The third-order valence-electron chi connectivity index (χ3n) is 3.88. The maximum absolute atomic E-state index is 12.3. The van der Waals surface area contributed by atoms with Gasteiger partial charge in [-0.25, -0.2) is 18.1 Å². The fourth-order valence-corrected chi connectivity index (χ4v) is 3.94. The second kappa shape index (κ2) is 6.89. The summed E-state index contributed by atoms with van der Waals surface area (Å²) >= 11 is 0. The molecule has 8 heteroatoms. The fraction of sp³-hybridized carbons (Fsp3) is 0.750. The van der Waals surface area contributed by atoms with Crippen molar-refractivity contribution in [1.29, 1.82) is 0 Å². The highest BCUT2D eigenvalue weighted by molar-refractivity contribution is 7.89. The molecule has 0 aliphatic heterocycles. The smallest absolute Gasteiger partial charge is 0.259 e. The SMILES string of the molecule is Cc1nc(S(=O)(=O)NC2CCCCC2CN)cn1C.Cl. The van der Waals surface area contributed by atoms with E-state index in [9.17, 15) is 8.42 Å². The molecule has 1 aromatic rings. The van der Waals surface area contributed by atoms with Gasteiger partial charge in [-0.15, -0.1) is 12.4 Å². The van der Waals surface area contributed by atoms with Crippen molar-refractivity contribution in [2.24, 2.45) is 18.7 Å². The molecule has 1 aliphatic rings. The van der Waals surface area contributed by atoms with Crippen LogP contribution in [0.15, 0.2) is 11.2 Å². The lowest BCUT2D eigenvalue weighted by Gasteiger charge is -2.30. The van der Waals surface area contributed by atoms with Crippen molar-refractivity contribution in [2.45, 2.75) is 43.7 Å². The monoisotopic (exact) mass is 322 g/mol. The van der Waals surface area contributed by atoms with E-state index in [0.29, 0.717) is 12.4 Å². The number of sulfonamides is 1. The average Bonchev–Trinajstić information content (AvgIpc) is 2.71. The Labute approximate surface area is 126 Å². The Morgan fingerprint density at radius 2 is 2.10 bits per heavy atom. The van der Waals surface area contributed by atoms with Gasteiger partial charge in [0.05, 0.1) is 0 Å². The number of nitrogens with one attached hydrogen (secondary N) is 1. The molecule has 2 unspecified atom stereocenters. The van der Waals surface area contributed by atoms with Crippen LogP contribution in [0.1, 0.15) is 31.5 Å². The number of aryl methyl sites for hydroxylation is 2. The van der Waals surface area contributed by atoms with Gasteiger partial charge in [0, 0.05) is 19.3 Å². The van der Waals surface area contributed by atoms with Gasteiger partial charge in [0.2, 0.25) is 0 Å². The van der Waals surface area contributed by atoms with Crippen LogP contribution in [-0.4, -0.2) is 30.6 Å². The van der Waals surface area contributed by atoms with E-state index >= 15 is 0 Å². The van der Waals surface area contributed by atoms with Gasteiger partial charge in [-0.1, -0.05) is 12.8 Å². The molecule has 0 bridgehead atoms. The largest absolute Gasteiger partial charge is 0.337 e. The quantitative estimate of drug-likeness (QED) is 0.863. The third-order valence-corrected chi connectivity index (χ3v) is 5.24. The van der Waals surface area contributed by atoms with E-state index in [2.05, 4.69) is 9.71 Å². The van der Waals surface area contributed by atoms with Crippen molar-refractivity contribution in [1.82, 2.24) is 14.3 Å². The summed E-state index contributed by atoms with van der Waals surface area (Å²) in [6, 6.07) is -0.0638. The first-order chi connectivity index (χ1) is 8.94. The summed E-state index contributed by atoms with van der Waals surface area (Å²) in [6.45, 7) is 2.30. The minimum absolute atomic E-state index is 0. The van der Waals surface area contributed by atoms with Gasteiger partial charge < -0.3 is 10.3 Å². The second-order valence-electron chi connectivity index (χ2n) is 5.25. The molecule has 1 aliphatic carbocycles.